The van der Waals surface area contributed by atoms with E-state index in [0.717, 1.165) is 5.39 Å². The summed E-state index contributed by atoms with van der Waals surface area (Å²) in [5, 5.41) is 26.3. The number of rotatable bonds is 1. The first-order chi connectivity index (χ1) is 6.27. The second kappa shape index (κ2) is 3.12. The van der Waals surface area contributed by atoms with Crippen molar-refractivity contribution < 1.29 is 10.0 Å². The molecule has 4 nitrogen and oxygen atoms in total. The molecule has 0 aliphatic carbocycles. The predicted molar refractivity (Wildman–Crippen MR) is 49.4 cm³/mol. The standard InChI is InChI=1S/C8H7BN2O2/c12-9(13)7-2-1-6-3-4-10-11-8(6)5-7/h1-5,12-13H. The summed E-state index contributed by atoms with van der Waals surface area (Å²) in [6.07, 6.45) is 1.59. The molecule has 1 aromatic carbocycles. The fraction of sp³-hybridized carbons (Fsp3) is 0. The van der Waals surface area contributed by atoms with Crippen LogP contribution in [0.1, 0.15) is 0 Å². The van der Waals surface area contributed by atoms with Gasteiger partial charge in [0.15, 0.2) is 0 Å². The lowest BCUT2D eigenvalue weighted by atomic mass is 9.80. The Bertz CT molecular complexity index is 433. The monoisotopic (exact) mass is 174 g/mol. The molecule has 2 rings (SSSR count). The van der Waals surface area contributed by atoms with Gasteiger partial charge in [-0.15, -0.1) is 0 Å². The van der Waals surface area contributed by atoms with Crippen molar-refractivity contribution in [3.8, 4) is 0 Å². The third-order valence-corrected chi connectivity index (χ3v) is 1.84. The van der Waals surface area contributed by atoms with E-state index in [1.807, 2.05) is 6.07 Å². The molecule has 64 valence electrons. The highest BCUT2D eigenvalue weighted by molar-refractivity contribution is 6.58. The van der Waals surface area contributed by atoms with Crippen LogP contribution in [0.3, 0.4) is 0 Å². The van der Waals surface area contributed by atoms with Gasteiger partial charge in [0.1, 0.15) is 0 Å². The molecule has 0 amide bonds. The summed E-state index contributed by atoms with van der Waals surface area (Å²) in [7, 11) is -1.45. The van der Waals surface area contributed by atoms with Gasteiger partial charge in [0.2, 0.25) is 0 Å². The van der Waals surface area contributed by atoms with Crippen molar-refractivity contribution in [3.63, 3.8) is 0 Å². The zero-order chi connectivity index (χ0) is 9.26. The highest BCUT2D eigenvalue weighted by Crippen LogP contribution is 2.06. The maximum atomic E-state index is 8.89. The minimum atomic E-state index is -1.45. The smallest absolute Gasteiger partial charge is 0.423 e. The highest BCUT2D eigenvalue weighted by atomic mass is 16.4. The van der Waals surface area contributed by atoms with Crippen molar-refractivity contribution in [3.05, 3.63) is 30.5 Å². The Morgan fingerprint density at radius 2 is 2.00 bits per heavy atom. The van der Waals surface area contributed by atoms with Gasteiger partial charge in [-0.05, 0) is 17.6 Å². The fourth-order valence-corrected chi connectivity index (χ4v) is 1.16. The van der Waals surface area contributed by atoms with Crippen molar-refractivity contribution >= 4 is 23.5 Å². The van der Waals surface area contributed by atoms with Crippen LogP contribution in [0.4, 0.5) is 0 Å². The number of fused-ring (bicyclic) bond motifs is 1. The summed E-state index contributed by atoms with van der Waals surface area (Å²) in [5.41, 5.74) is 1.08. The molecule has 1 aromatic heterocycles. The van der Waals surface area contributed by atoms with Gasteiger partial charge in [0, 0.05) is 5.39 Å². The van der Waals surface area contributed by atoms with E-state index in [2.05, 4.69) is 10.2 Å². The second-order valence-electron chi connectivity index (χ2n) is 2.72. The van der Waals surface area contributed by atoms with Crippen LogP contribution < -0.4 is 5.46 Å². The second-order valence-corrected chi connectivity index (χ2v) is 2.72. The van der Waals surface area contributed by atoms with Crippen LogP contribution >= 0.6 is 0 Å². The minimum absolute atomic E-state index is 0.424. The van der Waals surface area contributed by atoms with E-state index in [9.17, 15) is 0 Å². The van der Waals surface area contributed by atoms with E-state index in [1.54, 1.807) is 24.4 Å². The Labute approximate surface area is 75.0 Å². The summed E-state index contributed by atoms with van der Waals surface area (Å²) < 4.78 is 0. The molecule has 0 fully saturated rings. The summed E-state index contributed by atoms with van der Waals surface area (Å²) in [4.78, 5) is 0. The Hall–Kier alpha value is -1.46. The molecular weight excluding hydrogens is 167 g/mol. The topological polar surface area (TPSA) is 66.2 Å². The predicted octanol–water partition coefficient (Wildman–Crippen LogP) is -0.690. The van der Waals surface area contributed by atoms with Gasteiger partial charge in [-0.2, -0.15) is 10.2 Å². The first-order valence-corrected chi connectivity index (χ1v) is 3.85. The molecule has 5 heteroatoms. The zero-order valence-corrected chi connectivity index (χ0v) is 6.75. The summed E-state index contributed by atoms with van der Waals surface area (Å²) >= 11 is 0. The van der Waals surface area contributed by atoms with E-state index >= 15 is 0 Å². The average Bonchev–Trinajstić information content (AvgIpc) is 2.17. The Kier molecular flexibility index (Phi) is 1.96. The van der Waals surface area contributed by atoms with Gasteiger partial charge in [-0.3, -0.25) is 0 Å². The molecular formula is C8H7BN2O2. The van der Waals surface area contributed by atoms with E-state index in [0.29, 0.717) is 11.0 Å². The molecule has 2 aromatic rings. The van der Waals surface area contributed by atoms with E-state index in [1.165, 1.54) is 0 Å². The number of benzene rings is 1. The summed E-state index contributed by atoms with van der Waals surface area (Å²) in [6.45, 7) is 0. The lowest BCUT2D eigenvalue weighted by Gasteiger charge is -1.99. The molecule has 0 unspecified atom stereocenters. The third kappa shape index (κ3) is 1.51. The molecule has 0 bridgehead atoms. The Morgan fingerprint density at radius 3 is 2.77 bits per heavy atom. The molecule has 0 saturated heterocycles. The number of hydrogen-bond donors (Lipinski definition) is 2. The normalized spacial score (nSPS) is 10.3. The number of hydrogen-bond acceptors (Lipinski definition) is 4. The average molecular weight is 174 g/mol. The Balaban J connectivity index is 2.62. The van der Waals surface area contributed by atoms with Crippen molar-refractivity contribution in [2.45, 2.75) is 0 Å². The first-order valence-electron chi connectivity index (χ1n) is 3.85. The maximum absolute atomic E-state index is 8.89. The van der Waals surface area contributed by atoms with Crippen LogP contribution in [-0.4, -0.2) is 27.4 Å². The largest absolute Gasteiger partial charge is 0.488 e. The van der Waals surface area contributed by atoms with Gasteiger partial charge in [-0.25, -0.2) is 0 Å². The maximum Gasteiger partial charge on any atom is 0.488 e. The minimum Gasteiger partial charge on any atom is -0.423 e. The number of aromatic nitrogens is 2. The highest BCUT2D eigenvalue weighted by Gasteiger charge is 2.10. The van der Waals surface area contributed by atoms with Crippen molar-refractivity contribution in [2.75, 3.05) is 0 Å². The lowest BCUT2D eigenvalue weighted by molar-refractivity contribution is 0.426. The molecule has 0 saturated carbocycles. The SMILES string of the molecule is OB(O)c1ccc2ccnnc2c1. The number of nitrogens with zero attached hydrogens (tertiary/aromatic N) is 2. The van der Waals surface area contributed by atoms with Gasteiger partial charge in [-0.1, -0.05) is 12.1 Å². The Morgan fingerprint density at radius 1 is 1.15 bits per heavy atom. The summed E-state index contributed by atoms with van der Waals surface area (Å²) in [6, 6.07) is 6.84. The van der Waals surface area contributed by atoms with Crippen molar-refractivity contribution in [1.82, 2.24) is 10.2 Å². The van der Waals surface area contributed by atoms with E-state index < -0.39 is 7.12 Å². The van der Waals surface area contributed by atoms with Crippen LogP contribution in [0, 0.1) is 0 Å². The first kappa shape index (κ1) is 8.16. The van der Waals surface area contributed by atoms with E-state index in [-0.39, 0.29) is 0 Å². The molecule has 13 heavy (non-hydrogen) atoms. The molecule has 0 radical (unpaired) electrons. The van der Waals surface area contributed by atoms with E-state index in [4.69, 9.17) is 10.0 Å². The van der Waals surface area contributed by atoms with Gasteiger partial charge >= 0.3 is 7.12 Å². The summed E-state index contributed by atoms with van der Waals surface area (Å²) in [5.74, 6) is 0. The molecule has 1 heterocycles. The van der Waals surface area contributed by atoms with Gasteiger partial charge in [0.25, 0.3) is 0 Å². The van der Waals surface area contributed by atoms with Gasteiger partial charge < -0.3 is 10.0 Å². The van der Waals surface area contributed by atoms with Crippen LogP contribution in [0.25, 0.3) is 10.9 Å². The van der Waals surface area contributed by atoms with Crippen LogP contribution in [0.2, 0.25) is 0 Å². The van der Waals surface area contributed by atoms with Crippen molar-refractivity contribution in [1.29, 1.82) is 0 Å². The van der Waals surface area contributed by atoms with Crippen LogP contribution in [-0.2, 0) is 0 Å². The van der Waals surface area contributed by atoms with Crippen LogP contribution in [0.5, 0.6) is 0 Å². The molecule has 0 aliphatic rings. The zero-order valence-electron chi connectivity index (χ0n) is 6.75. The molecule has 0 atom stereocenters. The lowest BCUT2D eigenvalue weighted by Crippen LogP contribution is -2.29. The van der Waals surface area contributed by atoms with Crippen LogP contribution in [0.15, 0.2) is 30.5 Å². The van der Waals surface area contributed by atoms with Gasteiger partial charge in [0.05, 0.1) is 11.7 Å². The quantitative estimate of drug-likeness (QED) is 0.561. The molecule has 2 N–H and O–H groups in total. The molecule has 0 spiro atoms. The third-order valence-electron chi connectivity index (χ3n) is 1.84. The molecule has 0 aliphatic heterocycles. The van der Waals surface area contributed by atoms with Crippen molar-refractivity contribution in [2.24, 2.45) is 0 Å². The fourth-order valence-electron chi connectivity index (χ4n) is 1.16.